The summed E-state index contributed by atoms with van der Waals surface area (Å²) in [6, 6.07) is 9.52. The quantitative estimate of drug-likeness (QED) is 0.589. The number of nitrogens with zero attached hydrogens (tertiary/aromatic N) is 4. The summed E-state index contributed by atoms with van der Waals surface area (Å²) in [6.45, 7) is 1.47. The Morgan fingerprint density at radius 3 is 2.54 bits per heavy atom. The Bertz CT molecular complexity index is 1000. The molecule has 0 atom stereocenters. The largest absolute Gasteiger partial charge is 0.436 e. The first-order valence-electron chi connectivity index (χ1n) is 8.02. The van der Waals surface area contributed by atoms with Crippen LogP contribution in [0.15, 0.2) is 41.0 Å². The molecular weight excluding hydrogens is 463 g/mol. The second kappa shape index (κ2) is 7.96. The highest BCUT2D eigenvalue weighted by Crippen LogP contribution is 2.35. The Kier molecular flexibility index (Phi) is 5.80. The molecule has 0 spiro atoms. The minimum absolute atomic E-state index is 0.127. The highest BCUT2D eigenvalue weighted by atomic mass is 79.9. The van der Waals surface area contributed by atoms with Gasteiger partial charge in [0.25, 0.3) is 0 Å². The van der Waals surface area contributed by atoms with Crippen LogP contribution in [0.5, 0.6) is 0 Å². The van der Waals surface area contributed by atoms with Crippen molar-refractivity contribution < 1.29 is 18.0 Å². The number of halogens is 5. The fourth-order valence-electron chi connectivity index (χ4n) is 2.50. The normalized spacial score (nSPS) is 11.6. The Labute approximate surface area is 171 Å². The smallest absolute Gasteiger partial charge is 0.306 e. The lowest BCUT2D eigenvalue weighted by Crippen LogP contribution is -2.21. The molecule has 0 bridgehead atoms. The van der Waals surface area contributed by atoms with E-state index in [2.05, 4.69) is 31.4 Å². The second-order valence-corrected chi connectivity index (χ2v) is 7.16. The predicted octanol–water partition coefficient (Wildman–Crippen LogP) is 4.51. The molecule has 1 N–H and O–H groups in total. The number of benzene rings is 1. The van der Waals surface area contributed by atoms with Crippen LogP contribution in [-0.2, 0) is 24.1 Å². The third-order valence-corrected chi connectivity index (χ3v) is 5.08. The van der Waals surface area contributed by atoms with Crippen LogP contribution in [0.1, 0.15) is 17.0 Å². The van der Waals surface area contributed by atoms with Crippen LogP contribution < -0.4 is 5.32 Å². The van der Waals surface area contributed by atoms with Crippen LogP contribution in [0.3, 0.4) is 0 Å². The van der Waals surface area contributed by atoms with Crippen LogP contribution in [0.2, 0.25) is 5.02 Å². The Morgan fingerprint density at radius 1 is 1.25 bits per heavy atom. The second-order valence-electron chi connectivity index (χ2n) is 5.96. The van der Waals surface area contributed by atoms with E-state index in [0.717, 1.165) is 10.2 Å². The zero-order valence-electron chi connectivity index (χ0n) is 14.5. The number of anilines is 1. The lowest BCUT2D eigenvalue weighted by Gasteiger charge is -2.05. The van der Waals surface area contributed by atoms with Gasteiger partial charge in [-0.15, -0.1) is 0 Å². The molecule has 2 aromatic heterocycles. The van der Waals surface area contributed by atoms with Crippen LogP contribution in [0.4, 0.5) is 19.0 Å². The number of nitrogens with one attached hydrogen (secondary N) is 1. The van der Waals surface area contributed by atoms with Crippen LogP contribution in [0.25, 0.3) is 0 Å². The Balaban J connectivity index is 1.71. The molecule has 0 aliphatic rings. The van der Waals surface area contributed by atoms with Gasteiger partial charge in [0.2, 0.25) is 5.91 Å². The average molecular weight is 477 g/mol. The van der Waals surface area contributed by atoms with Gasteiger partial charge < -0.3 is 5.32 Å². The molecule has 3 aromatic rings. The summed E-state index contributed by atoms with van der Waals surface area (Å²) in [7, 11) is 0. The number of carbonyl (C=O) groups is 1. The molecule has 0 radical (unpaired) electrons. The Hall–Kier alpha value is -2.33. The van der Waals surface area contributed by atoms with Crippen molar-refractivity contribution in [1.82, 2.24) is 19.6 Å². The molecule has 11 heteroatoms. The average Bonchev–Trinajstić information content (AvgIpc) is 3.09. The van der Waals surface area contributed by atoms with Crippen molar-refractivity contribution in [1.29, 1.82) is 0 Å². The lowest BCUT2D eigenvalue weighted by atomic mass is 10.2. The van der Waals surface area contributed by atoms with Gasteiger partial charge in [-0.05, 0) is 28.4 Å². The highest BCUT2D eigenvalue weighted by Gasteiger charge is 2.38. The molecule has 148 valence electrons. The van der Waals surface area contributed by atoms with E-state index in [0.29, 0.717) is 6.54 Å². The highest BCUT2D eigenvalue weighted by molar-refractivity contribution is 9.10. The molecule has 0 aliphatic carbocycles. The molecule has 6 nitrogen and oxygen atoms in total. The number of hydrogen-bond acceptors (Lipinski definition) is 3. The van der Waals surface area contributed by atoms with E-state index in [-0.39, 0.29) is 21.0 Å². The Morgan fingerprint density at radius 2 is 1.93 bits per heavy atom. The van der Waals surface area contributed by atoms with Crippen molar-refractivity contribution in [3.05, 3.63) is 63.0 Å². The maximum atomic E-state index is 12.9. The number of amides is 1. The molecule has 1 amide bonds. The molecular formula is C17H14BrClF3N5O. The van der Waals surface area contributed by atoms with Gasteiger partial charge in [0.05, 0.1) is 16.7 Å². The molecule has 28 heavy (non-hydrogen) atoms. The van der Waals surface area contributed by atoms with E-state index in [4.69, 9.17) is 11.6 Å². The van der Waals surface area contributed by atoms with Gasteiger partial charge in [0, 0.05) is 6.20 Å². The van der Waals surface area contributed by atoms with Crippen molar-refractivity contribution in [2.45, 2.75) is 26.2 Å². The SMILES string of the molecule is Cc1c(Br)c(C(F)(F)F)nn1CC(=O)Nc1nn(Cc2ccccc2)cc1Cl. The van der Waals surface area contributed by atoms with Crippen LogP contribution in [-0.4, -0.2) is 25.5 Å². The van der Waals surface area contributed by atoms with Gasteiger partial charge in [-0.1, -0.05) is 41.9 Å². The van der Waals surface area contributed by atoms with E-state index in [1.54, 1.807) is 10.9 Å². The maximum Gasteiger partial charge on any atom is 0.436 e. The van der Waals surface area contributed by atoms with Gasteiger partial charge in [0.1, 0.15) is 11.6 Å². The lowest BCUT2D eigenvalue weighted by molar-refractivity contribution is -0.142. The van der Waals surface area contributed by atoms with Gasteiger partial charge >= 0.3 is 6.18 Å². The molecule has 0 aliphatic heterocycles. The van der Waals surface area contributed by atoms with Crippen molar-refractivity contribution in [3.63, 3.8) is 0 Å². The molecule has 0 unspecified atom stereocenters. The number of hydrogen-bond donors (Lipinski definition) is 1. The van der Waals surface area contributed by atoms with Crippen LogP contribution >= 0.6 is 27.5 Å². The minimum atomic E-state index is -4.62. The van der Waals surface area contributed by atoms with E-state index in [9.17, 15) is 18.0 Å². The number of alkyl halides is 3. The molecule has 0 fully saturated rings. The number of aromatic nitrogens is 4. The zero-order valence-corrected chi connectivity index (χ0v) is 16.8. The summed E-state index contributed by atoms with van der Waals surface area (Å²) in [5.74, 6) is -0.471. The molecule has 0 saturated heterocycles. The van der Waals surface area contributed by atoms with E-state index in [1.807, 2.05) is 30.3 Å². The van der Waals surface area contributed by atoms with Crippen molar-refractivity contribution in [2.75, 3.05) is 5.32 Å². The van der Waals surface area contributed by atoms with Crippen molar-refractivity contribution in [3.8, 4) is 0 Å². The first-order chi connectivity index (χ1) is 13.1. The number of rotatable bonds is 5. The fraction of sp³-hybridized carbons (Fsp3) is 0.235. The summed E-state index contributed by atoms with van der Waals surface area (Å²) in [6.07, 6.45) is -3.06. The fourth-order valence-corrected chi connectivity index (χ4v) is 3.21. The minimum Gasteiger partial charge on any atom is -0.306 e. The maximum absolute atomic E-state index is 12.9. The molecule has 2 heterocycles. The topological polar surface area (TPSA) is 64.7 Å². The molecule has 3 rings (SSSR count). The summed E-state index contributed by atoms with van der Waals surface area (Å²) in [4.78, 5) is 12.2. The first-order valence-corrected chi connectivity index (χ1v) is 9.19. The first kappa shape index (κ1) is 20.4. The summed E-state index contributed by atoms with van der Waals surface area (Å²) < 4.78 is 41.1. The van der Waals surface area contributed by atoms with Gasteiger partial charge in [-0.2, -0.15) is 23.4 Å². The van der Waals surface area contributed by atoms with Gasteiger partial charge in [-0.3, -0.25) is 14.2 Å². The predicted molar refractivity (Wildman–Crippen MR) is 101 cm³/mol. The summed E-state index contributed by atoms with van der Waals surface area (Å²) >= 11 is 8.97. The third-order valence-electron chi connectivity index (χ3n) is 3.86. The van der Waals surface area contributed by atoms with Gasteiger partial charge in [-0.25, -0.2) is 0 Å². The van der Waals surface area contributed by atoms with Crippen molar-refractivity contribution >= 4 is 39.3 Å². The molecule has 0 saturated carbocycles. The van der Waals surface area contributed by atoms with Gasteiger partial charge in [0.15, 0.2) is 11.5 Å². The van der Waals surface area contributed by atoms with E-state index in [1.165, 1.54) is 6.92 Å². The summed E-state index contributed by atoms with van der Waals surface area (Å²) in [5, 5.41) is 10.4. The number of carbonyl (C=O) groups excluding carboxylic acids is 1. The standard InChI is InChI=1S/C17H14BrClF3N5O/c1-10-14(18)15(17(20,21)22)24-27(10)9-13(28)23-16-12(19)8-26(25-16)7-11-5-3-2-4-6-11/h2-6,8H,7,9H2,1H3,(H,23,25,28). The monoisotopic (exact) mass is 475 g/mol. The van der Waals surface area contributed by atoms with Crippen LogP contribution in [0, 0.1) is 6.92 Å². The zero-order chi connectivity index (χ0) is 20.5. The molecule has 1 aromatic carbocycles. The van der Waals surface area contributed by atoms with E-state index < -0.39 is 24.3 Å². The third kappa shape index (κ3) is 4.56. The van der Waals surface area contributed by atoms with Crippen molar-refractivity contribution in [2.24, 2.45) is 0 Å². The van der Waals surface area contributed by atoms with E-state index >= 15 is 0 Å². The summed E-state index contributed by atoms with van der Waals surface area (Å²) in [5.41, 5.74) is 0.0994.